The first-order chi connectivity index (χ1) is 4.69. The molecule has 0 radical (unpaired) electrons. The first-order valence-corrected chi connectivity index (χ1v) is 3.95. The van der Waals surface area contributed by atoms with Crippen molar-refractivity contribution in [2.24, 2.45) is 10.8 Å². The summed E-state index contributed by atoms with van der Waals surface area (Å²) >= 11 is 0. The van der Waals surface area contributed by atoms with Crippen LogP contribution in [0.1, 0.15) is 41.5 Å². The standard InChI is InChI=1S/C10H18O/c1-9(2,3)8(7-11)10(4,5)6/h1-6H3. The summed E-state index contributed by atoms with van der Waals surface area (Å²) in [5.41, 5.74) is 0.741. The molecular weight excluding hydrogens is 136 g/mol. The summed E-state index contributed by atoms with van der Waals surface area (Å²) in [5, 5.41) is 0. The van der Waals surface area contributed by atoms with Gasteiger partial charge in [-0.15, -0.1) is 0 Å². The smallest absolute Gasteiger partial charge is 0.124 e. The summed E-state index contributed by atoms with van der Waals surface area (Å²) in [5.74, 6) is 2.05. The van der Waals surface area contributed by atoms with Gasteiger partial charge in [0.05, 0.1) is 0 Å². The fraction of sp³-hybridized carbons (Fsp3) is 0.800. The Hall–Kier alpha value is -0.550. The lowest BCUT2D eigenvalue weighted by Crippen LogP contribution is -2.22. The molecule has 0 aromatic carbocycles. The molecule has 0 saturated heterocycles. The van der Waals surface area contributed by atoms with Crippen LogP contribution in [0.2, 0.25) is 0 Å². The molecule has 0 aromatic heterocycles. The van der Waals surface area contributed by atoms with Crippen molar-refractivity contribution in [2.45, 2.75) is 41.5 Å². The molecule has 11 heavy (non-hydrogen) atoms. The predicted octanol–water partition coefficient (Wildman–Crippen LogP) is 2.84. The molecule has 0 unspecified atom stereocenters. The quantitative estimate of drug-likeness (QED) is 0.490. The minimum atomic E-state index is -0.0556. The van der Waals surface area contributed by atoms with Crippen LogP contribution in [0.3, 0.4) is 0 Å². The van der Waals surface area contributed by atoms with E-state index < -0.39 is 0 Å². The van der Waals surface area contributed by atoms with E-state index >= 15 is 0 Å². The van der Waals surface area contributed by atoms with Crippen molar-refractivity contribution in [2.75, 3.05) is 0 Å². The minimum absolute atomic E-state index is 0.0556. The third kappa shape index (κ3) is 2.90. The first-order valence-electron chi connectivity index (χ1n) is 3.95. The zero-order chi connectivity index (χ0) is 9.28. The lowest BCUT2D eigenvalue weighted by molar-refractivity contribution is 0.364. The van der Waals surface area contributed by atoms with E-state index in [1.165, 1.54) is 0 Å². The molecule has 64 valence electrons. The van der Waals surface area contributed by atoms with E-state index in [1.807, 2.05) is 47.5 Å². The molecule has 1 nitrogen and oxygen atoms in total. The van der Waals surface area contributed by atoms with Gasteiger partial charge in [0.15, 0.2) is 0 Å². The molecule has 0 aliphatic heterocycles. The van der Waals surface area contributed by atoms with Crippen molar-refractivity contribution in [1.82, 2.24) is 0 Å². The van der Waals surface area contributed by atoms with Crippen molar-refractivity contribution >= 4 is 5.94 Å². The maximum atomic E-state index is 10.6. The van der Waals surface area contributed by atoms with Crippen molar-refractivity contribution in [3.63, 3.8) is 0 Å². The summed E-state index contributed by atoms with van der Waals surface area (Å²) in [4.78, 5) is 10.6. The van der Waals surface area contributed by atoms with Crippen LogP contribution in [0.25, 0.3) is 0 Å². The van der Waals surface area contributed by atoms with E-state index in [-0.39, 0.29) is 10.8 Å². The van der Waals surface area contributed by atoms with Gasteiger partial charge in [-0.2, -0.15) is 0 Å². The molecule has 0 heterocycles. The van der Waals surface area contributed by atoms with Crippen LogP contribution in [0.15, 0.2) is 5.57 Å². The molecule has 0 amide bonds. The number of carbonyl (C=O) groups excluding carboxylic acids is 1. The molecule has 0 aliphatic carbocycles. The van der Waals surface area contributed by atoms with Crippen molar-refractivity contribution in [3.8, 4) is 0 Å². The monoisotopic (exact) mass is 154 g/mol. The molecule has 0 N–H and O–H groups in total. The average molecular weight is 154 g/mol. The Morgan fingerprint density at radius 2 is 1.18 bits per heavy atom. The highest BCUT2D eigenvalue weighted by atomic mass is 16.1. The van der Waals surface area contributed by atoms with Gasteiger partial charge in [0.2, 0.25) is 0 Å². The molecule has 0 aliphatic rings. The van der Waals surface area contributed by atoms with E-state index in [1.54, 1.807) is 0 Å². The molecule has 0 rings (SSSR count). The third-order valence-corrected chi connectivity index (χ3v) is 1.60. The molecular formula is C10H18O. The highest BCUT2D eigenvalue weighted by Gasteiger charge is 2.28. The van der Waals surface area contributed by atoms with Gasteiger partial charge >= 0.3 is 0 Å². The molecule has 0 aromatic rings. The summed E-state index contributed by atoms with van der Waals surface area (Å²) in [6, 6.07) is 0. The Bertz CT molecular complexity index is 166. The highest BCUT2D eigenvalue weighted by Crippen LogP contribution is 2.36. The van der Waals surface area contributed by atoms with Crippen LogP contribution >= 0.6 is 0 Å². The van der Waals surface area contributed by atoms with E-state index in [9.17, 15) is 4.79 Å². The number of hydrogen-bond acceptors (Lipinski definition) is 1. The Kier molecular flexibility index (Phi) is 2.69. The fourth-order valence-corrected chi connectivity index (χ4v) is 1.43. The van der Waals surface area contributed by atoms with Gasteiger partial charge in [-0.1, -0.05) is 41.5 Å². The SMILES string of the molecule is CC(C)(C)C(=C=O)C(C)(C)C. The largest absolute Gasteiger partial charge is 0.234 e. The van der Waals surface area contributed by atoms with E-state index in [0.29, 0.717) is 0 Å². The summed E-state index contributed by atoms with van der Waals surface area (Å²) in [6.45, 7) is 12.2. The second kappa shape index (κ2) is 2.83. The zero-order valence-corrected chi connectivity index (χ0v) is 8.41. The maximum absolute atomic E-state index is 10.6. The summed E-state index contributed by atoms with van der Waals surface area (Å²) in [7, 11) is 0. The lowest BCUT2D eigenvalue weighted by atomic mass is 9.73. The van der Waals surface area contributed by atoms with Gasteiger partial charge in [0.1, 0.15) is 5.94 Å². The normalized spacial score (nSPS) is 12.5. The van der Waals surface area contributed by atoms with E-state index in [4.69, 9.17) is 0 Å². The Balaban J connectivity index is 4.90. The average Bonchev–Trinajstić information content (AvgIpc) is 1.56. The molecule has 0 atom stereocenters. The number of hydrogen-bond donors (Lipinski definition) is 0. The zero-order valence-electron chi connectivity index (χ0n) is 8.41. The number of rotatable bonds is 0. The van der Waals surface area contributed by atoms with Crippen LogP contribution in [0.4, 0.5) is 0 Å². The number of allylic oxidation sites excluding steroid dienone is 1. The van der Waals surface area contributed by atoms with Crippen molar-refractivity contribution in [1.29, 1.82) is 0 Å². The topological polar surface area (TPSA) is 17.1 Å². The molecule has 0 fully saturated rings. The molecule has 1 heteroatoms. The molecule has 0 saturated carbocycles. The maximum Gasteiger partial charge on any atom is 0.124 e. The van der Waals surface area contributed by atoms with Gasteiger partial charge in [-0.05, 0) is 10.8 Å². The second-order valence-corrected chi connectivity index (χ2v) is 4.98. The lowest BCUT2D eigenvalue weighted by Gasteiger charge is -2.30. The van der Waals surface area contributed by atoms with Gasteiger partial charge in [0, 0.05) is 5.57 Å². The van der Waals surface area contributed by atoms with Crippen molar-refractivity contribution < 1.29 is 4.79 Å². The Morgan fingerprint density at radius 1 is 0.909 bits per heavy atom. The Morgan fingerprint density at radius 3 is 1.18 bits per heavy atom. The van der Waals surface area contributed by atoms with Crippen LogP contribution in [0, 0.1) is 10.8 Å². The summed E-state index contributed by atoms with van der Waals surface area (Å²) in [6.07, 6.45) is 0. The predicted molar refractivity (Wildman–Crippen MR) is 48.1 cm³/mol. The van der Waals surface area contributed by atoms with Gasteiger partial charge < -0.3 is 0 Å². The van der Waals surface area contributed by atoms with Crippen LogP contribution in [-0.2, 0) is 4.79 Å². The van der Waals surface area contributed by atoms with E-state index in [2.05, 4.69) is 0 Å². The minimum Gasteiger partial charge on any atom is -0.234 e. The third-order valence-electron chi connectivity index (χ3n) is 1.60. The van der Waals surface area contributed by atoms with Gasteiger partial charge in [-0.3, -0.25) is 0 Å². The van der Waals surface area contributed by atoms with Crippen LogP contribution in [0.5, 0.6) is 0 Å². The second-order valence-electron chi connectivity index (χ2n) is 4.98. The fourth-order valence-electron chi connectivity index (χ4n) is 1.43. The highest BCUT2D eigenvalue weighted by molar-refractivity contribution is 5.56. The van der Waals surface area contributed by atoms with E-state index in [0.717, 1.165) is 5.57 Å². The van der Waals surface area contributed by atoms with Crippen molar-refractivity contribution in [3.05, 3.63) is 5.57 Å². The van der Waals surface area contributed by atoms with Gasteiger partial charge in [0.25, 0.3) is 0 Å². The Labute approximate surface area is 69.5 Å². The molecule has 0 bridgehead atoms. The van der Waals surface area contributed by atoms with Crippen LogP contribution in [-0.4, -0.2) is 5.94 Å². The first kappa shape index (κ1) is 10.4. The van der Waals surface area contributed by atoms with Crippen LogP contribution < -0.4 is 0 Å². The van der Waals surface area contributed by atoms with Gasteiger partial charge in [-0.25, -0.2) is 4.79 Å². The molecule has 0 spiro atoms. The summed E-state index contributed by atoms with van der Waals surface area (Å²) < 4.78 is 0.